The fourth-order valence-electron chi connectivity index (χ4n) is 3.13. The summed E-state index contributed by atoms with van der Waals surface area (Å²) in [5, 5.41) is 0.459. The van der Waals surface area contributed by atoms with Gasteiger partial charge in [-0.1, -0.05) is 17.7 Å². The van der Waals surface area contributed by atoms with Crippen molar-refractivity contribution in [2.75, 3.05) is 20.8 Å². The lowest BCUT2D eigenvalue weighted by Gasteiger charge is -2.19. The molecule has 0 radical (unpaired) electrons. The Balaban J connectivity index is 0.00000225. The van der Waals surface area contributed by atoms with Crippen LogP contribution in [0.4, 0.5) is 4.39 Å². The Kier molecular flexibility index (Phi) is 6.31. The minimum Gasteiger partial charge on any atom is -1.00 e. The van der Waals surface area contributed by atoms with Crippen LogP contribution in [-0.2, 0) is 13.0 Å². The first kappa shape index (κ1) is 19.5. The van der Waals surface area contributed by atoms with Crippen molar-refractivity contribution >= 4 is 17.3 Å². The Hall–Kier alpha value is -1.78. The first-order chi connectivity index (χ1) is 11.5. The van der Waals surface area contributed by atoms with Gasteiger partial charge in [-0.05, 0) is 29.8 Å². The maximum atomic E-state index is 14.1. The molecule has 134 valence electrons. The predicted molar refractivity (Wildman–Crippen MR) is 93.3 cm³/mol. The van der Waals surface area contributed by atoms with Gasteiger partial charge in [0.15, 0.2) is 23.8 Å². The number of hydrogen-bond donors (Lipinski definition) is 0. The van der Waals surface area contributed by atoms with Crippen LogP contribution in [0.3, 0.4) is 0 Å². The maximum absolute atomic E-state index is 14.1. The minimum absolute atomic E-state index is 0. The topological polar surface area (TPSA) is 21.5 Å². The van der Waals surface area contributed by atoms with Crippen molar-refractivity contribution < 1.29 is 30.8 Å². The van der Waals surface area contributed by atoms with E-state index in [-0.39, 0.29) is 18.2 Å². The summed E-state index contributed by atoms with van der Waals surface area (Å²) in [5.74, 6) is 1.16. The maximum Gasteiger partial charge on any atom is 0.180 e. The molecule has 0 atom stereocenters. The summed E-state index contributed by atoms with van der Waals surface area (Å²) in [4.78, 5) is 0. The third-order valence-electron chi connectivity index (χ3n) is 4.54. The van der Waals surface area contributed by atoms with Crippen molar-refractivity contribution in [1.29, 1.82) is 0 Å². The average molecular weight is 384 g/mol. The normalized spacial score (nSPS) is 13.2. The van der Waals surface area contributed by atoms with Gasteiger partial charge in [0.2, 0.25) is 0 Å². The highest BCUT2D eigenvalue weighted by molar-refractivity contribution is 6.31. The van der Waals surface area contributed by atoms with Gasteiger partial charge in [0.1, 0.15) is 12.4 Å². The average Bonchev–Trinajstić information content (AvgIpc) is 2.59. The van der Waals surface area contributed by atoms with E-state index in [1.165, 1.54) is 11.6 Å². The van der Waals surface area contributed by atoms with E-state index < -0.39 is 0 Å². The minimum atomic E-state index is -0.270. The smallest absolute Gasteiger partial charge is 0.180 e. The summed E-state index contributed by atoms with van der Waals surface area (Å²) in [6, 6.07) is 8.80. The van der Waals surface area contributed by atoms with Gasteiger partial charge in [-0.15, -0.1) is 0 Å². The molecule has 1 aliphatic heterocycles. The Bertz CT molecular complexity index is 801. The van der Waals surface area contributed by atoms with Gasteiger partial charge in [0.05, 0.1) is 24.8 Å². The molecule has 3 nitrogen and oxygen atoms in total. The molecular weight excluding hydrogens is 364 g/mol. The number of hydrogen-bond acceptors (Lipinski definition) is 2. The van der Waals surface area contributed by atoms with Crippen molar-refractivity contribution in [2.24, 2.45) is 0 Å². The Morgan fingerprint density at radius 3 is 2.48 bits per heavy atom. The van der Waals surface area contributed by atoms with Gasteiger partial charge in [-0.25, -0.2) is 8.97 Å². The molecule has 0 saturated heterocycles. The molecule has 0 fully saturated rings. The molecule has 2 aromatic carbocycles. The van der Waals surface area contributed by atoms with Crippen LogP contribution in [0.15, 0.2) is 30.3 Å². The van der Waals surface area contributed by atoms with E-state index in [1.807, 2.05) is 19.1 Å². The van der Waals surface area contributed by atoms with Crippen LogP contribution in [0.1, 0.15) is 23.6 Å². The van der Waals surface area contributed by atoms with Crippen molar-refractivity contribution in [3.05, 3.63) is 57.9 Å². The van der Waals surface area contributed by atoms with Crippen molar-refractivity contribution in [1.82, 2.24) is 0 Å². The molecule has 25 heavy (non-hydrogen) atoms. The highest BCUT2D eigenvalue weighted by Gasteiger charge is 2.26. The molecule has 0 bridgehead atoms. The van der Waals surface area contributed by atoms with Crippen LogP contribution >= 0.6 is 11.6 Å². The van der Waals surface area contributed by atoms with E-state index in [9.17, 15) is 4.39 Å². The zero-order valence-electron chi connectivity index (χ0n) is 14.4. The zero-order valence-corrected chi connectivity index (χ0v) is 15.9. The number of methoxy groups -OCH3 is 2. The second kappa shape index (κ2) is 8.07. The fraction of sp³-hybridized carbons (Fsp3) is 0.316. The summed E-state index contributed by atoms with van der Waals surface area (Å²) in [6.45, 7) is 3.29. The summed E-state index contributed by atoms with van der Waals surface area (Å²) in [5.41, 5.74) is 3.92. The van der Waals surface area contributed by atoms with Crippen LogP contribution in [0.5, 0.6) is 11.5 Å². The van der Waals surface area contributed by atoms with Gasteiger partial charge in [0.25, 0.3) is 0 Å². The molecular formula is C19H20Cl2FNO2. The highest BCUT2D eigenvalue weighted by Crippen LogP contribution is 2.33. The third kappa shape index (κ3) is 3.75. The lowest BCUT2D eigenvalue weighted by Crippen LogP contribution is -3.00. The van der Waals surface area contributed by atoms with E-state index in [0.29, 0.717) is 22.9 Å². The monoisotopic (exact) mass is 383 g/mol. The molecule has 0 saturated carbocycles. The van der Waals surface area contributed by atoms with Gasteiger partial charge >= 0.3 is 0 Å². The molecule has 6 heteroatoms. The largest absolute Gasteiger partial charge is 1.00 e. The first-order valence-electron chi connectivity index (χ1n) is 7.81. The number of rotatable bonds is 4. The second-order valence-corrected chi connectivity index (χ2v) is 6.23. The molecule has 2 aromatic rings. The SMILES string of the molecule is COc1cc2c(cc1OC)C(C)=[N+](Cc1c(F)cccc1Cl)CC2.[Cl-]. The van der Waals surface area contributed by atoms with Gasteiger partial charge in [-0.3, -0.25) is 0 Å². The number of nitrogens with zero attached hydrogens (tertiary/aromatic N) is 1. The highest BCUT2D eigenvalue weighted by atomic mass is 35.5. The summed E-state index contributed by atoms with van der Waals surface area (Å²) < 4.78 is 27.0. The molecule has 0 aliphatic carbocycles. The fourth-order valence-corrected chi connectivity index (χ4v) is 3.35. The Morgan fingerprint density at radius 2 is 1.84 bits per heavy atom. The van der Waals surface area contributed by atoms with E-state index in [4.69, 9.17) is 21.1 Å². The predicted octanol–water partition coefficient (Wildman–Crippen LogP) is 1.08. The van der Waals surface area contributed by atoms with Gasteiger partial charge < -0.3 is 21.9 Å². The second-order valence-electron chi connectivity index (χ2n) is 5.82. The summed E-state index contributed by atoms with van der Waals surface area (Å²) in [7, 11) is 3.26. The van der Waals surface area contributed by atoms with Crippen LogP contribution in [0, 0.1) is 5.82 Å². The molecule has 0 spiro atoms. The molecule has 1 aliphatic rings. The molecule has 0 unspecified atom stereocenters. The summed E-state index contributed by atoms with van der Waals surface area (Å²) >= 11 is 6.17. The van der Waals surface area contributed by atoms with Crippen LogP contribution in [-0.4, -0.2) is 31.1 Å². The van der Waals surface area contributed by atoms with Crippen LogP contribution < -0.4 is 21.9 Å². The van der Waals surface area contributed by atoms with Crippen molar-refractivity contribution in [2.45, 2.75) is 19.9 Å². The van der Waals surface area contributed by atoms with Gasteiger partial charge in [0, 0.05) is 18.9 Å². The number of ether oxygens (including phenoxy) is 2. The van der Waals surface area contributed by atoms with E-state index >= 15 is 0 Å². The molecule has 3 rings (SSSR count). The zero-order chi connectivity index (χ0) is 17.3. The number of halogens is 3. The third-order valence-corrected chi connectivity index (χ3v) is 4.89. The number of benzene rings is 2. The standard InChI is InChI=1S/C19H20ClFNO2.ClH/c1-12-14-10-19(24-3)18(23-2)9-13(14)7-8-22(12)11-15-16(20)5-4-6-17(15)21;/h4-6,9-10H,7-8,11H2,1-3H3;1H/q+1;/p-1. The summed E-state index contributed by atoms with van der Waals surface area (Å²) in [6.07, 6.45) is 0.860. The molecule has 1 heterocycles. The Labute approximate surface area is 158 Å². The van der Waals surface area contributed by atoms with E-state index in [2.05, 4.69) is 4.58 Å². The van der Waals surface area contributed by atoms with Gasteiger partial charge in [-0.2, -0.15) is 0 Å². The molecule has 0 aromatic heterocycles. The van der Waals surface area contributed by atoms with Crippen molar-refractivity contribution in [3.8, 4) is 11.5 Å². The molecule has 0 N–H and O–H groups in total. The Morgan fingerprint density at radius 1 is 1.16 bits per heavy atom. The lowest BCUT2D eigenvalue weighted by atomic mass is 9.96. The van der Waals surface area contributed by atoms with Crippen LogP contribution in [0.25, 0.3) is 0 Å². The quantitative estimate of drug-likeness (QED) is 0.736. The lowest BCUT2D eigenvalue weighted by molar-refractivity contribution is -0.545. The first-order valence-corrected chi connectivity index (χ1v) is 8.19. The number of fused-ring (bicyclic) bond motifs is 1. The van der Waals surface area contributed by atoms with E-state index in [1.54, 1.807) is 26.4 Å². The van der Waals surface area contributed by atoms with Crippen LogP contribution in [0.2, 0.25) is 5.02 Å². The van der Waals surface area contributed by atoms with E-state index in [0.717, 1.165) is 30.0 Å². The van der Waals surface area contributed by atoms with Crippen molar-refractivity contribution in [3.63, 3.8) is 0 Å². The molecule has 0 amide bonds.